The van der Waals surface area contributed by atoms with Crippen molar-refractivity contribution in [3.63, 3.8) is 0 Å². The topological polar surface area (TPSA) is 30.5 Å². The lowest BCUT2D eigenvalue weighted by Crippen LogP contribution is -2.25. The Bertz CT molecular complexity index is 464. The third-order valence-electron chi connectivity index (χ3n) is 3.47. The van der Waals surface area contributed by atoms with Gasteiger partial charge in [-0.05, 0) is 37.3 Å². The Morgan fingerprint density at radius 1 is 1.22 bits per heavy atom. The summed E-state index contributed by atoms with van der Waals surface area (Å²) in [6, 6.07) is 5.24. The summed E-state index contributed by atoms with van der Waals surface area (Å²) in [6.45, 7) is 2.22. The predicted molar refractivity (Wildman–Crippen MR) is 63.1 cm³/mol. The van der Waals surface area contributed by atoms with E-state index in [1.807, 2.05) is 0 Å². The molecule has 0 amide bonds. The van der Waals surface area contributed by atoms with Gasteiger partial charge in [-0.15, -0.1) is 8.78 Å². The average Bonchev–Trinajstić information content (AvgIpc) is 2.80. The first-order chi connectivity index (χ1) is 8.52. The fourth-order valence-corrected chi connectivity index (χ4v) is 2.61. The summed E-state index contributed by atoms with van der Waals surface area (Å²) in [5.74, 6) is 0.905. The number of alkyl halides is 2. The van der Waals surface area contributed by atoms with Gasteiger partial charge in [0.15, 0.2) is 11.5 Å². The van der Waals surface area contributed by atoms with E-state index in [9.17, 15) is 8.78 Å². The summed E-state index contributed by atoms with van der Waals surface area (Å²) in [5, 5.41) is 3.35. The minimum absolute atomic E-state index is 0.0883. The highest BCUT2D eigenvalue weighted by Crippen LogP contribution is 2.42. The van der Waals surface area contributed by atoms with Crippen LogP contribution in [0.15, 0.2) is 18.2 Å². The molecule has 0 bridgehead atoms. The molecular formula is C13H15F2NO2. The van der Waals surface area contributed by atoms with Gasteiger partial charge in [-0.1, -0.05) is 6.92 Å². The van der Waals surface area contributed by atoms with E-state index >= 15 is 0 Å². The van der Waals surface area contributed by atoms with E-state index in [2.05, 4.69) is 21.7 Å². The first-order valence-electron chi connectivity index (χ1n) is 6.18. The molecule has 98 valence electrons. The van der Waals surface area contributed by atoms with Crippen molar-refractivity contribution in [1.82, 2.24) is 0 Å². The second kappa shape index (κ2) is 4.00. The minimum atomic E-state index is -3.54. The van der Waals surface area contributed by atoms with Crippen LogP contribution in [0.25, 0.3) is 0 Å². The number of hydrogen-bond acceptors (Lipinski definition) is 3. The van der Waals surface area contributed by atoms with E-state index in [1.54, 1.807) is 12.1 Å². The molecule has 0 saturated heterocycles. The minimum Gasteiger partial charge on any atom is -0.395 e. The summed E-state index contributed by atoms with van der Waals surface area (Å²) >= 11 is 0. The quantitative estimate of drug-likeness (QED) is 0.875. The summed E-state index contributed by atoms with van der Waals surface area (Å²) in [4.78, 5) is 0. The van der Waals surface area contributed by atoms with Gasteiger partial charge in [-0.3, -0.25) is 0 Å². The normalized spacial score (nSPS) is 28.4. The van der Waals surface area contributed by atoms with Crippen LogP contribution in [0.4, 0.5) is 14.5 Å². The van der Waals surface area contributed by atoms with Crippen molar-refractivity contribution in [1.29, 1.82) is 0 Å². The predicted octanol–water partition coefficient (Wildman–Crippen LogP) is 3.61. The molecule has 1 heterocycles. The Morgan fingerprint density at radius 3 is 2.72 bits per heavy atom. The van der Waals surface area contributed by atoms with Crippen LogP contribution >= 0.6 is 0 Å². The number of benzene rings is 1. The lowest BCUT2D eigenvalue weighted by Gasteiger charge is -2.14. The molecule has 1 N–H and O–H groups in total. The molecular weight excluding hydrogens is 240 g/mol. The molecule has 2 aliphatic rings. The Kier molecular flexibility index (Phi) is 2.57. The smallest absolute Gasteiger partial charge is 0.395 e. The Hall–Kier alpha value is -1.52. The van der Waals surface area contributed by atoms with E-state index < -0.39 is 6.29 Å². The van der Waals surface area contributed by atoms with Gasteiger partial charge in [0.05, 0.1) is 0 Å². The zero-order valence-corrected chi connectivity index (χ0v) is 10.1. The van der Waals surface area contributed by atoms with E-state index in [0.29, 0.717) is 6.04 Å². The first kappa shape index (κ1) is 11.6. The van der Waals surface area contributed by atoms with Crippen LogP contribution in [0.5, 0.6) is 11.5 Å². The number of halogens is 2. The molecule has 1 aromatic carbocycles. The first-order valence-corrected chi connectivity index (χ1v) is 6.18. The SMILES string of the molecule is CC1CCC(Nc2ccc3c(c2)OC(F)(F)O3)C1. The zero-order valence-electron chi connectivity index (χ0n) is 10.1. The van der Waals surface area contributed by atoms with Crippen molar-refractivity contribution in [2.24, 2.45) is 5.92 Å². The van der Waals surface area contributed by atoms with Gasteiger partial charge in [0.1, 0.15) is 0 Å². The highest BCUT2D eigenvalue weighted by molar-refractivity contribution is 5.56. The number of anilines is 1. The fraction of sp³-hybridized carbons (Fsp3) is 0.538. The Labute approximate surface area is 104 Å². The summed E-state index contributed by atoms with van der Waals surface area (Å²) in [7, 11) is 0. The zero-order chi connectivity index (χ0) is 12.8. The number of nitrogens with one attached hydrogen (secondary N) is 1. The monoisotopic (exact) mass is 255 g/mol. The van der Waals surface area contributed by atoms with Crippen molar-refractivity contribution >= 4 is 5.69 Å². The van der Waals surface area contributed by atoms with Gasteiger partial charge in [0.25, 0.3) is 0 Å². The maximum atomic E-state index is 12.9. The molecule has 5 heteroatoms. The van der Waals surface area contributed by atoms with E-state index in [-0.39, 0.29) is 11.5 Å². The second-order valence-electron chi connectivity index (χ2n) is 5.09. The molecule has 2 unspecified atom stereocenters. The maximum Gasteiger partial charge on any atom is 0.586 e. The molecule has 0 radical (unpaired) electrons. The molecule has 0 aromatic heterocycles. The van der Waals surface area contributed by atoms with Crippen molar-refractivity contribution in [2.75, 3.05) is 5.32 Å². The largest absolute Gasteiger partial charge is 0.586 e. The fourth-order valence-electron chi connectivity index (χ4n) is 2.61. The molecule has 1 aliphatic carbocycles. The van der Waals surface area contributed by atoms with Gasteiger partial charge < -0.3 is 14.8 Å². The third-order valence-corrected chi connectivity index (χ3v) is 3.47. The number of hydrogen-bond donors (Lipinski definition) is 1. The summed E-state index contributed by atoms with van der Waals surface area (Å²) in [6.07, 6.45) is -0.0977. The molecule has 3 rings (SSSR count). The average molecular weight is 255 g/mol. The van der Waals surface area contributed by atoms with E-state index in [0.717, 1.165) is 24.4 Å². The van der Waals surface area contributed by atoms with E-state index in [4.69, 9.17) is 0 Å². The molecule has 1 saturated carbocycles. The van der Waals surface area contributed by atoms with Crippen molar-refractivity contribution in [2.45, 2.75) is 38.5 Å². The highest BCUT2D eigenvalue weighted by atomic mass is 19.3. The van der Waals surface area contributed by atoms with Crippen LogP contribution in [0.3, 0.4) is 0 Å². The standard InChI is InChI=1S/C13H15F2NO2/c1-8-2-3-9(6-8)16-10-4-5-11-12(7-10)18-13(14,15)17-11/h4-5,7-9,16H,2-3,6H2,1H3. The lowest BCUT2D eigenvalue weighted by molar-refractivity contribution is -0.286. The number of ether oxygens (including phenoxy) is 2. The van der Waals surface area contributed by atoms with Crippen LogP contribution in [0, 0.1) is 5.92 Å². The van der Waals surface area contributed by atoms with E-state index in [1.165, 1.54) is 12.5 Å². The summed E-state index contributed by atoms with van der Waals surface area (Å²) in [5.41, 5.74) is 0.800. The van der Waals surface area contributed by atoms with Gasteiger partial charge in [0, 0.05) is 17.8 Å². The molecule has 1 aliphatic heterocycles. The molecule has 1 aromatic rings. The molecule has 18 heavy (non-hydrogen) atoms. The van der Waals surface area contributed by atoms with Crippen molar-refractivity contribution in [3.8, 4) is 11.5 Å². The Balaban J connectivity index is 1.72. The molecule has 3 nitrogen and oxygen atoms in total. The summed E-state index contributed by atoms with van der Waals surface area (Å²) < 4.78 is 34.5. The highest BCUT2D eigenvalue weighted by Gasteiger charge is 2.43. The lowest BCUT2D eigenvalue weighted by atomic mass is 10.1. The van der Waals surface area contributed by atoms with Gasteiger partial charge in [-0.25, -0.2) is 0 Å². The van der Waals surface area contributed by atoms with Crippen LogP contribution < -0.4 is 14.8 Å². The van der Waals surface area contributed by atoms with Crippen LogP contribution in [-0.4, -0.2) is 12.3 Å². The van der Waals surface area contributed by atoms with Gasteiger partial charge in [0.2, 0.25) is 0 Å². The van der Waals surface area contributed by atoms with Crippen LogP contribution in [0.2, 0.25) is 0 Å². The van der Waals surface area contributed by atoms with Crippen molar-refractivity contribution in [3.05, 3.63) is 18.2 Å². The third kappa shape index (κ3) is 2.21. The Morgan fingerprint density at radius 2 is 2.00 bits per heavy atom. The van der Waals surface area contributed by atoms with Crippen LogP contribution in [0.1, 0.15) is 26.2 Å². The second-order valence-corrected chi connectivity index (χ2v) is 5.09. The van der Waals surface area contributed by atoms with Crippen molar-refractivity contribution < 1.29 is 18.3 Å². The number of rotatable bonds is 2. The van der Waals surface area contributed by atoms with Crippen LogP contribution in [-0.2, 0) is 0 Å². The maximum absolute atomic E-state index is 12.9. The number of fused-ring (bicyclic) bond motifs is 1. The molecule has 1 fully saturated rings. The molecule has 2 atom stereocenters. The van der Waals surface area contributed by atoms with Gasteiger partial charge in [-0.2, -0.15) is 0 Å². The molecule has 0 spiro atoms. The van der Waals surface area contributed by atoms with Gasteiger partial charge >= 0.3 is 6.29 Å².